The molecule has 6 heteroatoms. The molecule has 1 aromatic carbocycles. The quantitative estimate of drug-likeness (QED) is 0.736. The molecule has 1 aliphatic carbocycles. The van der Waals surface area contributed by atoms with E-state index in [9.17, 15) is 4.79 Å². The second-order valence-corrected chi connectivity index (χ2v) is 7.85. The van der Waals surface area contributed by atoms with Gasteiger partial charge >= 0.3 is 0 Å². The zero-order valence-corrected chi connectivity index (χ0v) is 16.7. The number of hydrogen-bond donors (Lipinski definition) is 1. The van der Waals surface area contributed by atoms with E-state index in [0.717, 1.165) is 35.7 Å². The van der Waals surface area contributed by atoms with Gasteiger partial charge in [0, 0.05) is 30.1 Å². The van der Waals surface area contributed by atoms with Crippen LogP contribution < -0.4 is 5.73 Å². The van der Waals surface area contributed by atoms with Gasteiger partial charge in [-0.25, -0.2) is 4.99 Å². The fourth-order valence-electron chi connectivity index (χ4n) is 4.61. The van der Waals surface area contributed by atoms with E-state index in [4.69, 9.17) is 15.5 Å². The molecule has 1 aliphatic heterocycles. The Morgan fingerprint density at radius 2 is 2.16 bits per heavy atom. The van der Waals surface area contributed by atoms with Crippen molar-refractivity contribution in [2.75, 3.05) is 20.3 Å². The largest absolute Gasteiger partial charge is 0.385 e. The lowest BCUT2D eigenvalue weighted by molar-refractivity contribution is -0.136. The topological polar surface area (TPSA) is 67.9 Å². The molecular weight excluding hydrogens is 382 g/mol. The zero-order chi connectivity index (χ0) is 18.2. The summed E-state index contributed by atoms with van der Waals surface area (Å²) in [6, 6.07) is 6.21. The number of amides is 1. The number of halogens is 1. The monoisotopic (exact) mass is 407 g/mol. The van der Waals surface area contributed by atoms with Gasteiger partial charge in [-0.05, 0) is 55.9 Å². The van der Waals surface area contributed by atoms with Gasteiger partial charge in [-0.3, -0.25) is 9.69 Å². The molecule has 1 heterocycles. The van der Waals surface area contributed by atoms with Gasteiger partial charge in [-0.2, -0.15) is 0 Å². The van der Waals surface area contributed by atoms with Gasteiger partial charge in [-0.1, -0.05) is 28.9 Å². The Balaban J connectivity index is 2.18. The summed E-state index contributed by atoms with van der Waals surface area (Å²) in [5.41, 5.74) is 7.21. The van der Waals surface area contributed by atoms with Gasteiger partial charge in [0.1, 0.15) is 0 Å². The van der Waals surface area contributed by atoms with Gasteiger partial charge in [0.25, 0.3) is 5.91 Å². The normalized spacial score (nSPS) is 27.9. The predicted molar refractivity (Wildman–Crippen MR) is 102 cm³/mol. The van der Waals surface area contributed by atoms with Crippen molar-refractivity contribution in [3.05, 3.63) is 33.8 Å². The van der Waals surface area contributed by atoms with Gasteiger partial charge in [-0.15, -0.1) is 0 Å². The highest BCUT2D eigenvalue weighted by atomic mass is 79.9. The fourth-order valence-corrected chi connectivity index (χ4v) is 4.97. The Morgan fingerprint density at radius 1 is 1.40 bits per heavy atom. The van der Waals surface area contributed by atoms with Crippen molar-refractivity contribution in [3.63, 3.8) is 0 Å². The van der Waals surface area contributed by atoms with Crippen molar-refractivity contribution in [1.82, 2.24) is 4.90 Å². The van der Waals surface area contributed by atoms with Crippen LogP contribution in [-0.2, 0) is 21.5 Å². The highest BCUT2D eigenvalue weighted by molar-refractivity contribution is 9.10. The van der Waals surface area contributed by atoms with Crippen LogP contribution in [0.25, 0.3) is 0 Å². The maximum Gasteiger partial charge on any atom is 0.262 e. The van der Waals surface area contributed by atoms with Crippen molar-refractivity contribution in [2.45, 2.75) is 45.1 Å². The van der Waals surface area contributed by atoms with Crippen LogP contribution in [0, 0.1) is 5.41 Å². The smallest absolute Gasteiger partial charge is 0.262 e. The van der Waals surface area contributed by atoms with Gasteiger partial charge < -0.3 is 10.5 Å². The molecule has 5 nitrogen and oxygen atoms in total. The van der Waals surface area contributed by atoms with Crippen LogP contribution in [0.1, 0.15) is 44.2 Å². The average molecular weight is 408 g/mol. The minimum Gasteiger partial charge on any atom is -0.385 e. The number of methoxy groups -OCH3 is 1. The number of aliphatic imine (C=N–C) groups is 1. The number of nitrogens with zero attached hydrogens (tertiary/aromatic N) is 2. The van der Waals surface area contributed by atoms with Crippen molar-refractivity contribution in [1.29, 1.82) is 0 Å². The molecule has 0 radical (unpaired) electrons. The van der Waals surface area contributed by atoms with Gasteiger partial charge in [0.05, 0.1) is 0 Å². The van der Waals surface area contributed by atoms with E-state index in [1.165, 1.54) is 5.56 Å². The second-order valence-electron chi connectivity index (χ2n) is 6.94. The Kier molecular flexibility index (Phi) is 4.95. The number of fused-ring (bicyclic) bond motifs is 2. The van der Waals surface area contributed by atoms with Gasteiger partial charge in [0.2, 0.25) is 0 Å². The number of carbonyl (C=O) groups excluding carboxylic acids is 1. The molecule has 0 aromatic heterocycles. The summed E-state index contributed by atoms with van der Waals surface area (Å²) in [5.74, 6) is 0.355. The number of benzene rings is 1. The van der Waals surface area contributed by atoms with E-state index in [1.54, 1.807) is 12.0 Å². The van der Waals surface area contributed by atoms with E-state index in [0.29, 0.717) is 19.1 Å². The van der Waals surface area contributed by atoms with Crippen molar-refractivity contribution < 1.29 is 9.53 Å². The fraction of sp³-hybridized carbons (Fsp3) is 0.579. The van der Waals surface area contributed by atoms with Gasteiger partial charge in [0.15, 0.2) is 11.5 Å². The SMILES string of the molecule is CCN1C(=O)C2(N=C1N)c1cc(Br)ccc1CC2(CC)CCCOC. The van der Waals surface area contributed by atoms with Crippen LogP contribution in [0.15, 0.2) is 27.7 Å². The van der Waals surface area contributed by atoms with E-state index in [2.05, 4.69) is 35.0 Å². The number of rotatable bonds is 6. The lowest BCUT2D eigenvalue weighted by Crippen LogP contribution is -2.50. The molecule has 136 valence electrons. The minimum absolute atomic E-state index is 0.0172. The first kappa shape index (κ1) is 18.4. The maximum atomic E-state index is 13.5. The number of carbonyl (C=O) groups is 1. The molecule has 1 amide bonds. The molecule has 2 atom stereocenters. The third-order valence-electron chi connectivity index (χ3n) is 5.87. The number of likely N-dealkylation sites (N-methyl/N-ethyl adjacent to an activating group) is 1. The highest BCUT2D eigenvalue weighted by Gasteiger charge is 2.65. The third kappa shape index (κ3) is 2.53. The van der Waals surface area contributed by atoms with Crippen LogP contribution in [0.2, 0.25) is 0 Å². The predicted octanol–water partition coefficient (Wildman–Crippen LogP) is 3.20. The molecule has 2 aliphatic rings. The first-order valence-corrected chi connectivity index (χ1v) is 9.70. The highest BCUT2D eigenvalue weighted by Crippen LogP contribution is 2.59. The molecule has 25 heavy (non-hydrogen) atoms. The molecule has 0 fully saturated rings. The third-order valence-corrected chi connectivity index (χ3v) is 6.36. The molecule has 0 bridgehead atoms. The zero-order valence-electron chi connectivity index (χ0n) is 15.1. The molecule has 3 rings (SSSR count). The maximum absolute atomic E-state index is 13.5. The van der Waals surface area contributed by atoms with Crippen molar-refractivity contribution >= 4 is 27.8 Å². The summed E-state index contributed by atoms with van der Waals surface area (Å²) in [5, 5.41) is 0. The summed E-state index contributed by atoms with van der Waals surface area (Å²) in [4.78, 5) is 20.0. The molecule has 1 aromatic rings. The lowest BCUT2D eigenvalue weighted by atomic mass is 9.65. The summed E-state index contributed by atoms with van der Waals surface area (Å²) >= 11 is 3.56. The van der Waals surface area contributed by atoms with E-state index >= 15 is 0 Å². The number of ether oxygens (including phenoxy) is 1. The van der Waals surface area contributed by atoms with E-state index in [1.807, 2.05) is 13.0 Å². The first-order chi connectivity index (χ1) is 12.0. The Hall–Kier alpha value is -1.40. The Morgan fingerprint density at radius 3 is 2.76 bits per heavy atom. The molecule has 2 unspecified atom stereocenters. The van der Waals surface area contributed by atoms with E-state index in [-0.39, 0.29) is 11.3 Å². The summed E-state index contributed by atoms with van der Waals surface area (Å²) in [7, 11) is 1.71. The Bertz CT molecular complexity index is 721. The molecule has 0 saturated heterocycles. The Labute approximate surface area is 157 Å². The standard InChI is InChI=1S/C19H26BrN3O2/c1-4-18(9-6-10-25-3)12-13-7-8-14(20)11-15(13)19(18)16(24)23(5-2)17(21)22-19/h7-8,11H,4-6,9-10,12H2,1-3H3,(H2,21,22). The van der Waals surface area contributed by atoms with E-state index < -0.39 is 5.54 Å². The van der Waals surface area contributed by atoms with Crippen molar-refractivity contribution in [2.24, 2.45) is 16.1 Å². The number of hydrogen-bond acceptors (Lipinski definition) is 4. The molecule has 2 N–H and O–H groups in total. The molecule has 0 saturated carbocycles. The van der Waals surface area contributed by atoms with Crippen LogP contribution in [0.5, 0.6) is 0 Å². The summed E-state index contributed by atoms with van der Waals surface area (Å²) in [6.45, 7) is 5.32. The van der Waals surface area contributed by atoms with Crippen LogP contribution in [-0.4, -0.2) is 37.0 Å². The lowest BCUT2D eigenvalue weighted by Gasteiger charge is -2.40. The molecular formula is C19H26BrN3O2. The van der Waals surface area contributed by atoms with Crippen molar-refractivity contribution in [3.8, 4) is 0 Å². The minimum atomic E-state index is -0.908. The first-order valence-electron chi connectivity index (χ1n) is 8.91. The number of nitrogens with two attached hydrogens (primary N) is 1. The summed E-state index contributed by atoms with van der Waals surface area (Å²) < 4.78 is 6.23. The van der Waals surface area contributed by atoms with Crippen LogP contribution in [0.4, 0.5) is 0 Å². The second kappa shape index (κ2) is 6.72. The summed E-state index contributed by atoms with van der Waals surface area (Å²) in [6.07, 6.45) is 3.48. The van der Waals surface area contributed by atoms with Crippen LogP contribution >= 0.6 is 15.9 Å². The molecule has 1 spiro atoms. The number of guanidine groups is 1. The van der Waals surface area contributed by atoms with Crippen LogP contribution in [0.3, 0.4) is 0 Å². The average Bonchev–Trinajstić information content (AvgIpc) is 3.01.